The Morgan fingerprint density at radius 2 is 2.00 bits per heavy atom. The molecule has 0 N–H and O–H groups in total. The van der Waals surface area contributed by atoms with Gasteiger partial charge in [0.1, 0.15) is 0 Å². The van der Waals surface area contributed by atoms with E-state index in [1.54, 1.807) is 7.05 Å². The Bertz CT molecular complexity index is 343. The Kier molecular flexibility index (Phi) is 5.04. The molecule has 2 fully saturated rings. The summed E-state index contributed by atoms with van der Waals surface area (Å²) in [6, 6.07) is 0. The van der Waals surface area contributed by atoms with Gasteiger partial charge in [-0.15, -0.1) is 0 Å². The summed E-state index contributed by atoms with van der Waals surface area (Å²) in [6.07, 6.45) is 3.70. The van der Waals surface area contributed by atoms with Crippen LogP contribution in [0.4, 0.5) is 0 Å². The van der Waals surface area contributed by atoms with Crippen molar-refractivity contribution in [2.45, 2.75) is 45.8 Å². The summed E-state index contributed by atoms with van der Waals surface area (Å²) >= 11 is 0. The lowest BCUT2D eigenvalue weighted by Gasteiger charge is -2.48. The molecule has 0 unspecified atom stereocenters. The van der Waals surface area contributed by atoms with Crippen LogP contribution in [0.2, 0.25) is 0 Å². The molecular formula is C15H27NO4. The molecule has 2 aliphatic rings. The molecule has 0 aromatic carbocycles. The molecule has 0 radical (unpaired) electrons. The molecular weight excluding hydrogens is 258 g/mol. The zero-order chi connectivity index (χ0) is 14.8. The second-order valence-electron chi connectivity index (χ2n) is 6.25. The van der Waals surface area contributed by atoms with Gasteiger partial charge in [0.25, 0.3) is 0 Å². The fraction of sp³-hybridized carbons (Fsp3) is 0.933. The summed E-state index contributed by atoms with van der Waals surface area (Å²) in [5, 5.41) is 1.32. The zero-order valence-corrected chi connectivity index (χ0v) is 13.1. The Hall–Kier alpha value is -0.650. The fourth-order valence-electron chi connectivity index (χ4n) is 3.60. The van der Waals surface area contributed by atoms with Gasteiger partial charge in [-0.2, -0.15) is 0 Å². The van der Waals surface area contributed by atoms with Crippen LogP contribution in [-0.4, -0.2) is 44.6 Å². The van der Waals surface area contributed by atoms with Gasteiger partial charge in [-0.25, -0.2) is 5.06 Å². The van der Waals surface area contributed by atoms with Gasteiger partial charge in [0.05, 0.1) is 20.3 Å². The first kappa shape index (κ1) is 15.7. The highest BCUT2D eigenvalue weighted by Gasteiger charge is 2.50. The molecule has 0 aromatic heterocycles. The van der Waals surface area contributed by atoms with Gasteiger partial charge in [-0.3, -0.25) is 9.63 Å². The van der Waals surface area contributed by atoms with Crippen molar-refractivity contribution in [3.8, 4) is 0 Å². The molecule has 1 amide bonds. The van der Waals surface area contributed by atoms with Crippen LogP contribution < -0.4 is 0 Å². The van der Waals surface area contributed by atoms with Crippen molar-refractivity contribution >= 4 is 5.91 Å². The number of hydrogen-bond acceptors (Lipinski definition) is 4. The van der Waals surface area contributed by atoms with Crippen LogP contribution in [-0.2, 0) is 19.1 Å². The van der Waals surface area contributed by atoms with Crippen molar-refractivity contribution in [2.24, 2.45) is 17.3 Å². The molecule has 20 heavy (non-hydrogen) atoms. The monoisotopic (exact) mass is 285 g/mol. The van der Waals surface area contributed by atoms with Gasteiger partial charge in [0, 0.05) is 18.9 Å². The summed E-state index contributed by atoms with van der Waals surface area (Å²) in [5.74, 6) is 0.792. The predicted molar refractivity (Wildman–Crippen MR) is 74.7 cm³/mol. The van der Waals surface area contributed by atoms with Crippen molar-refractivity contribution < 1.29 is 19.1 Å². The fourth-order valence-corrected chi connectivity index (χ4v) is 3.60. The molecule has 1 saturated carbocycles. The van der Waals surface area contributed by atoms with E-state index < -0.39 is 0 Å². The SMILES string of the molecule is CON(C)C(=O)C[C@@H]1CCC[C@@H](C)[C@]1(C)C1OCCO1. The Balaban J connectivity index is 2.13. The summed E-state index contributed by atoms with van der Waals surface area (Å²) < 4.78 is 11.6. The molecule has 0 bridgehead atoms. The van der Waals surface area contributed by atoms with Crippen molar-refractivity contribution in [2.75, 3.05) is 27.4 Å². The zero-order valence-electron chi connectivity index (χ0n) is 13.1. The van der Waals surface area contributed by atoms with E-state index >= 15 is 0 Å². The third-order valence-corrected chi connectivity index (χ3v) is 5.31. The van der Waals surface area contributed by atoms with Gasteiger partial charge < -0.3 is 9.47 Å². The first-order valence-electron chi connectivity index (χ1n) is 7.54. The minimum absolute atomic E-state index is 0.0239. The van der Waals surface area contributed by atoms with E-state index in [2.05, 4.69) is 13.8 Å². The number of hydrogen-bond donors (Lipinski definition) is 0. The van der Waals surface area contributed by atoms with E-state index in [4.69, 9.17) is 14.3 Å². The topological polar surface area (TPSA) is 48.0 Å². The number of carbonyl (C=O) groups is 1. The molecule has 1 saturated heterocycles. The number of carbonyl (C=O) groups excluding carboxylic acids is 1. The summed E-state index contributed by atoms with van der Waals surface area (Å²) in [4.78, 5) is 17.2. The lowest BCUT2D eigenvalue weighted by molar-refractivity contribution is -0.192. The lowest BCUT2D eigenvalue weighted by Crippen LogP contribution is -2.48. The third kappa shape index (κ3) is 2.85. The molecule has 5 heteroatoms. The molecule has 1 heterocycles. The number of amides is 1. The van der Waals surface area contributed by atoms with Crippen LogP contribution in [0.3, 0.4) is 0 Å². The minimum atomic E-state index is -0.177. The second-order valence-corrected chi connectivity index (χ2v) is 6.25. The maximum atomic E-state index is 12.2. The number of ether oxygens (including phenoxy) is 2. The summed E-state index contributed by atoms with van der Waals surface area (Å²) in [6.45, 7) is 5.79. The maximum absolute atomic E-state index is 12.2. The quantitative estimate of drug-likeness (QED) is 0.743. The molecule has 0 spiro atoms. The first-order valence-corrected chi connectivity index (χ1v) is 7.54. The van der Waals surface area contributed by atoms with Crippen LogP contribution >= 0.6 is 0 Å². The lowest BCUT2D eigenvalue weighted by atomic mass is 9.60. The highest BCUT2D eigenvalue weighted by molar-refractivity contribution is 5.75. The summed E-state index contributed by atoms with van der Waals surface area (Å²) in [7, 11) is 3.18. The largest absolute Gasteiger partial charge is 0.350 e. The van der Waals surface area contributed by atoms with Crippen molar-refractivity contribution in [3.63, 3.8) is 0 Å². The molecule has 1 aliphatic heterocycles. The molecule has 0 aromatic rings. The average molecular weight is 285 g/mol. The minimum Gasteiger partial charge on any atom is -0.350 e. The third-order valence-electron chi connectivity index (χ3n) is 5.31. The van der Waals surface area contributed by atoms with Gasteiger partial charge in [-0.05, 0) is 24.7 Å². The normalized spacial score (nSPS) is 35.2. The van der Waals surface area contributed by atoms with Gasteiger partial charge in [0.2, 0.25) is 5.91 Å². The van der Waals surface area contributed by atoms with E-state index in [0.29, 0.717) is 25.6 Å². The maximum Gasteiger partial charge on any atom is 0.246 e. The highest BCUT2D eigenvalue weighted by Crippen LogP contribution is 2.51. The number of rotatable bonds is 4. The van der Waals surface area contributed by atoms with Crippen molar-refractivity contribution in [1.29, 1.82) is 0 Å². The van der Waals surface area contributed by atoms with Crippen LogP contribution in [0.15, 0.2) is 0 Å². The van der Waals surface area contributed by atoms with E-state index in [0.717, 1.165) is 12.8 Å². The predicted octanol–water partition coefficient (Wildman–Crippen LogP) is 2.21. The van der Waals surface area contributed by atoms with Crippen molar-refractivity contribution in [1.82, 2.24) is 5.06 Å². The van der Waals surface area contributed by atoms with E-state index in [1.165, 1.54) is 18.6 Å². The molecule has 116 valence electrons. The number of nitrogens with zero attached hydrogens (tertiary/aromatic N) is 1. The highest BCUT2D eigenvalue weighted by atomic mass is 16.7. The average Bonchev–Trinajstić information content (AvgIpc) is 2.97. The van der Waals surface area contributed by atoms with Crippen LogP contribution in [0.25, 0.3) is 0 Å². The standard InChI is InChI=1S/C15H27NO4/c1-11-6-5-7-12(10-13(17)16(3)18-4)15(11,2)14-19-8-9-20-14/h11-12,14H,5-10H2,1-4H3/t11-,12+,15+/m1/s1. The molecule has 1 aliphatic carbocycles. The molecule has 2 rings (SSSR count). The number of hydroxylamine groups is 2. The second kappa shape index (κ2) is 6.41. The Morgan fingerprint density at radius 1 is 1.35 bits per heavy atom. The Labute approximate surface area is 121 Å². The van der Waals surface area contributed by atoms with E-state index in [1.807, 2.05) is 0 Å². The Morgan fingerprint density at radius 3 is 2.60 bits per heavy atom. The molecule has 3 atom stereocenters. The smallest absolute Gasteiger partial charge is 0.246 e. The van der Waals surface area contributed by atoms with E-state index in [9.17, 15) is 4.79 Å². The van der Waals surface area contributed by atoms with Crippen molar-refractivity contribution in [3.05, 3.63) is 0 Å². The van der Waals surface area contributed by atoms with Crippen LogP contribution in [0.1, 0.15) is 39.5 Å². The van der Waals surface area contributed by atoms with E-state index in [-0.39, 0.29) is 23.5 Å². The van der Waals surface area contributed by atoms with Crippen LogP contribution in [0.5, 0.6) is 0 Å². The van der Waals surface area contributed by atoms with Gasteiger partial charge in [0.15, 0.2) is 6.29 Å². The first-order chi connectivity index (χ1) is 9.50. The van der Waals surface area contributed by atoms with Gasteiger partial charge >= 0.3 is 0 Å². The van der Waals surface area contributed by atoms with Gasteiger partial charge in [-0.1, -0.05) is 20.3 Å². The van der Waals surface area contributed by atoms with Crippen LogP contribution in [0, 0.1) is 17.3 Å². The molecule has 5 nitrogen and oxygen atoms in total. The summed E-state index contributed by atoms with van der Waals surface area (Å²) in [5.41, 5.74) is -0.0982.